The predicted molar refractivity (Wildman–Crippen MR) is 39.8 cm³/mol. The quantitative estimate of drug-likeness (QED) is 0.659. The summed E-state index contributed by atoms with van der Waals surface area (Å²) in [7, 11) is 1.80. The standard InChI is InChI=1S/C5H6INO/c1-7-3-4(6)2-5(7)8/h2-3,8H,1H3. The minimum atomic E-state index is 0.314. The third-order valence-electron chi connectivity index (χ3n) is 0.945. The Morgan fingerprint density at radius 3 is 2.50 bits per heavy atom. The molecule has 1 heterocycles. The van der Waals surface area contributed by atoms with Crippen molar-refractivity contribution < 1.29 is 5.11 Å². The number of hydrogen-bond acceptors (Lipinski definition) is 1. The molecule has 2 nitrogen and oxygen atoms in total. The first-order valence-electron chi connectivity index (χ1n) is 2.21. The molecular formula is C5H6INO. The fourth-order valence-electron chi connectivity index (χ4n) is 0.514. The molecule has 3 heteroatoms. The Labute approximate surface area is 61.3 Å². The van der Waals surface area contributed by atoms with E-state index in [1.807, 2.05) is 6.20 Å². The van der Waals surface area contributed by atoms with Crippen LogP contribution in [0.3, 0.4) is 0 Å². The number of hydrogen-bond donors (Lipinski definition) is 1. The summed E-state index contributed by atoms with van der Waals surface area (Å²) in [6.07, 6.45) is 1.86. The van der Waals surface area contributed by atoms with Crippen LogP contribution in [-0.2, 0) is 7.05 Å². The van der Waals surface area contributed by atoms with Crippen molar-refractivity contribution in [3.63, 3.8) is 0 Å². The second kappa shape index (κ2) is 1.97. The summed E-state index contributed by atoms with van der Waals surface area (Å²) < 4.78 is 2.73. The third-order valence-corrected chi connectivity index (χ3v) is 1.54. The molecule has 1 N–H and O–H groups in total. The van der Waals surface area contributed by atoms with E-state index in [-0.39, 0.29) is 0 Å². The second-order valence-corrected chi connectivity index (χ2v) is 2.87. The van der Waals surface area contributed by atoms with E-state index in [4.69, 9.17) is 5.11 Å². The van der Waals surface area contributed by atoms with Gasteiger partial charge in [0.05, 0.1) is 0 Å². The molecule has 0 aromatic carbocycles. The lowest BCUT2D eigenvalue weighted by atomic mass is 10.7. The number of rotatable bonds is 0. The summed E-state index contributed by atoms with van der Waals surface area (Å²) in [5.74, 6) is 0.314. The Hall–Kier alpha value is -0.190. The van der Waals surface area contributed by atoms with Gasteiger partial charge in [-0.15, -0.1) is 0 Å². The van der Waals surface area contributed by atoms with Crippen molar-refractivity contribution >= 4 is 22.6 Å². The maximum atomic E-state index is 8.90. The van der Waals surface area contributed by atoms with Crippen molar-refractivity contribution in [3.8, 4) is 5.88 Å². The van der Waals surface area contributed by atoms with Crippen molar-refractivity contribution in [1.29, 1.82) is 0 Å². The fraction of sp³-hybridized carbons (Fsp3) is 0.200. The molecule has 1 aromatic rings. The molecule has 0 spiro atoms. The molecule has 44 valence electrons. The molecule has 0 fully saturated rings. The largest absolute Gasteiger partial charge is 0.494 e. The third kappa shape index (κ3) is 0.964. The van der Waals surface area contributed by atoms with Crippen molar-refractivity contribution in [2.75, 3.05) is 0 Å². The Bertz CT molecular complexity index is 175. The van der Waals surface area contributed by atoms with Gasteiger partial charge in [0.2, 0.25) is 0 Å². The lowest BCUT2D eigenvalue weighted by molar-refractivity contribution is 0.432. The molecule has 0 aliphatic rings. The van der Waals surface area contributed by atoms with Gasteiger partial charge in [0.25, 0.3) is 0 Å². The first-order chi connectivity index (χ1) is 3.70. The summed E-state index contributed by atoms with van der Waals surface area (Å²) in [6.45, 7) is 0. The number of aromatic nitrogens is 1. The molecule has 1 aromatic heterocycles. The zero-order valence-electron chi connectivity index (χ0n) is 4.43. The maximum Gasteiger partial charge on any atom is 0.191 e. The normalized spacial score (nSPS) is 9.75. The first-order valence-corrected chi connectivity index (χ1v) is 3.29. The predicted octanol–water partition coefficient (Wildman–Crippen LogP) is 1.34. The van der Waals surface area contributed by atoms with Crippen LogP contribution in [0.2, 0.25) is 0 Å². The highest BCUT2D eigenvalue weighted by molar-refractivity contribution is 14.1. The van der Waals surface area contributed by atoms with Crippen molar-refractivity contribution in [3.05, 3.63) is 15.8 Å². The van der Waals surface area contributed by atoms with Gasteiger partial charge < -0.3 is 9.67 Å². The number of aromatic hydroxyl groups is 1. The number of nitrogens with zero attached hydrogens (tertiary/aromatic N) is 1. The van der Waals surface area contributed by atoms with Crippen molar-refractivity contribution in [2.24, 2.45) is 7.05 Å². The van der Waals surface area contributed by atoms with E-state index in [1.54, 1.807) is 17.7 Å². The SMILES string of the molecule is Cn1cc(I)cc1O. The molecule has 0 aliphatic heterocycles. The van der Waals surface area contributed by atoms with Gasteiger partial charge in [-0.25, -0.2) is 0 Å². The monoisotopic (exact) mass is 223 g/mol. The Morgan fingerprint density at radius 2 is 2.38 bits per heavy atom. The highest BCUT2D eigenvalue weighted by atomic mass is 127. The zero-order chi connectivity index (χ0) is 6.15. The van der Waals surface area contributed by atoms with Gasteiger partial charge >= 0.3 is 0 Å². The van der Waals surface area contributed by atoms with E-state index in [9.17, 15) is 0 Å². The number of halogens is 1. The van der Waals surface area contributed by atoms with Gasteiger partial charge in [0.1, 0.15) is 0 Å². The second-order valence-electron chi connectivity index (χ2n) is 1.63. The van der Waals surface area contributed by atoms with Crippen LogP contribution in [0.1, 0.15) is 0 Å². The molecule has 0 unspecified atom stereocenters. The van der Waals surface area contributed by atoms with E-state index < -0.39 is 0 Å². The average Bonchev–Trinajstić information content (AvgIpc) is 1.85. The van der Waals surface area contributed by atoms with Crippen LogP contribution in [0, 0.1) is 3.57 Å². The fourth-order valence-corrected chi connectivity index (χ4v) is 1.21. The molecule has 0 amide bonds. The van der Waals surface area contributed by atoms with E-state index >= 15 is 0 Å². The van der Waals surface area contributed by atoms with Crippen LogP contribution in [-0.4, -0.2) is 9.67 Å². The van der Waals surface area contributed by atoms with Crippen LogP contribution >= 0.6 is 22.6 Å². The van der Waals surface area contributed by atoms with Crippen molar-refractivity contribution in [2.45, 2.75) is 0 Å². The van der Waals surface area contributed by atoms with E-state index in [2.05, 4.69) is 22.6 Å². The van der Waals surface area contributed by atoms with E-state index in [0.29, 0.717) is 5.88 Å². The Morgan fingerprint density at radius 1 is 1.75 bits per heavy atom. The van der Waals surface area contributed by atoms with Crippen LogP contribution < -0.4 is 0 Å². The summed E-state index contributed by atoms with van der Waals surface area (Å²) in [4.78, 5) is 0. The lowest BCUT2D eigenvalue weighted by Crippen LogP contribution is -1.80. The van der Waals surface area contributed by atoms with Gasteiger partial charge in [-0.2, -0.15) is 0 Å². The molecule has 0 atom stereocenters. The van der Waals surface area contributed by atoms with E-state index in [1.165, 1.54) is 0 Å². The molecule has 8 heavy (non-hydrogen) atoms. The van der Waals surface area contributed by atoms with Crippen molar-refractivity contribution in [1.82, 2.24) is 4.57 Å². The molecule has 1 rings (SSSR count). The van der Waals surface area contributed by atoms with Crippen LogP contribution in [0.25, 0.3) is 0 Å². The van der Waals surface area contributed by atoms with Gasteiger partial charge in [-0.05, 0) is 22.6 Å². The summed E-state index contributed by atoms with van der Waals surface area (Å²) >= 11 is 2.15. The molecule has 0 saturated carbocycles. The van der Waals surface area contributed by atoms with Gasteiger partial charge in [-0.3, -0.25) is 0 Å². The maximum absolute atomic E-state index is 8.90. The highest BCUT2D eigenvalue weighted by Gasteiger charge is 1.94. The minimum Gasteiger partial charge on any atom is -0.494 e. The van der Waals surface area contributed by atoms with Crippen LogP contribution in [0.5, 0.6) is 5.88 Å². The average molecular weight is 223 g/mol. The first kappa shape index (κ1) is 5.94. The molecule has 0 radical (unpaired) electrons. The van der Waals surface area contributed by atoms with Crippen LogP contribution in [0.15, 0.2) is 12.3 Å². The zero-order valence-corrected chi connectivity index (χ0v) is 6.58. The molecule has 0 bridgehead atoms. The van der Waals surface area contributed by atoms with Crippen LogP contribution in [0.4, 0.5) is 0 Å². The Balaban J connectivity index is 3.14. The van der Waals surface area contributed by atoms with Gasteiger partial charge in [-0.1, -0.05) is 0 Å². The lowest BCUT2D eigenvalue weighted by Gasteiger charge is -1.88. The Kier molecular flexibility index (Phi) is 1.46. The number of aryl methyl sites for hydroxylation is 1. The summed E-state index contributed by atoms with van der Waals surface area (Å²) in [5, 5.41) is 8.90. The van der Waals surface area contributed by atoms with E-state index in [0.717, 1.165) is 3.57 Å². The summed E-state index contributed by atoms with van der Waals surface area (Å²) in [5.41, 5.74) is 0. The molecular weight excluding hydrogens is 217 g/mol. The topological polar surface area (TPSA) is 25.2 Å². The highest BCUT2D eigenvalue weighted by Crippen LogP contribution is 2.13. The smallest absolute Gasteiger partial charge is 0.191 e. The molecule has 0 aliphatic carbocycles. The van der Waals surface area contributed by atoms with Gasteiger partial charge in [0, 0.05) is 22.9 Å². The van der Waals surface area contributed by atoms with Gasteiger partial charge in [0.15, 0.2) is 5.88 Å². The molecule has 0 saturated heterocycles. The summed E-state index contributed by atoms with van der Waals surface area (Å²) in [6, 6.07) is 1.71. The minimum absolute atomic E-state index is 0.314.